The Morgan fingerprint density at radius 1 is 1.14 bits per heavy atom. The van der Waals surface area contributed by atoms with Gasteiger partial charge in [-0.15, -0.1) is 0 Å². The van der Waals surface area contributed by atoms with Gasteiger partial charge in [-0.05, 0) is 68.1 Å². The number of ether oxygens (including phenoxy) is 1. The number of hydrogen-bond acceptors (Lipinski definition) is 6. The number of fused-ring (bicyclic) bond motifs is 1. The Balaban J connectivity index is 1.18. The highest BCUT2D eigenvalue weighted by atomic mass is 16.5. The molecular weight excluding hydrogens is 450 g/mol. The van der Waals surface area contributed by atoms with Gasteiger partial charge in [0.05, 0.1) is 0 Å². The van der Waals surface area contributed by atoms with E-state index in [2.05, 4.69) is 15.3 Å². The van der Waals surface area contributed by atoms with E-state index in [1.165, 1.54) is 28.4 Å². The molecule has 4 fully saturated rings. The molecule has 0 spiro atoms. The normalized spacial score (nSPS) is 26.9. The van der Waals surface area contributed by atoms with Crippen LogP contribution >= 0.6 is 0 Å². The molecule has 35 heavy (non-hydrogen) atoms. The largest absolute Gasteiger partial charge is 0.456 e. The van der Waals surface area contributed by atoms with E-state index in [0.29, 0.717) is 18.8 Å². The molecule has 190 valence electrons. The molecule has 4 saturated carbocycles. The van der Waals surface area contributed by atoms with Crippen LogP contribution in [0.15, 0.2) is 9.59 Å². The summed E-state index contributed by atoms with van der Waals surface area (Å²) in [7, 11) is 1.65. The topological polar surface area (TPSA) is 128 Å². The Hall–Kier alpha value is -2.91. The Labute approximate surface area is 203 Å². The molecule has 4 aliphatic rings. The van der Waals surface area contributed by atoms with Gasteiger partial charge in [0.15, 0.2) is 11.2 Å². The fourth-order valence-electron chi connectivity index (χ4n) is 7.22. The molecule has 0 aromatic carbocycles. The lowest BCUT2D eigenvalue weighted by atomic mass is 9.49. The number of amides is 1. The van der Waals surface area contributed by atoms with Crippen LogP contribution < -0.4 is 16.6 Å². The lowest BCUT2D eigenvalue weighted by molar-refractivity contribution is -0.146. The van der Waals surface area contributed by atoms with Gasteiger partial charge in [0.1, 0.15) is 19.0 Å². The number of rotatable bonds is 9. The average molecular weight is 486 g/mol. The minimum Gasteiger partial charge on any atom is -0.456 e. The highest BCUT2D eigenvalue weighted by molar-refractivity contribution is 5.82. The zero-order chi connectivity index (χ0) is 24.7. The van der Waals surface area contributed by atoms with Gasteiger partial charge in [-0.2, -0.15) is 0 Å². The molecule has 2 aromatic rings. The fourth-order valence-corrected chi connectivity index (χ4v) is 7.22. The molecule has 4 aliphatic carbocycles. The predicted molar refractivity (Wildman–Crippen MR) is 129 cm³/mol. The van der Waals surface area contributed by atoms with Crippen molar-refractivity contribution in [1.29, 1.82) is 0 Å². The van der Waals surface area contributed by atoms with Crippen LogP contribution in [-0.2, 0) is 34.5 Å². The third-order valence-corrected chi connectivity index (χ3v) is 8.33. The Morgan fingerprint density at radius 2 is 1.80 bits per heavy atom. The summed E-state index contributed by atoms with van der Waals surface area (Å²) in [5, 5.41) is 2.74. The molecule has 2 heterocycles. The van der Waals surface area contributed by atoms with E-state index >= 15 is 0 Å². The zero-order valence-corrected chi connectivity index (χ0v) is 20.6. The summed E-state index contributed by atoms with van der Waals surface area (Å²) < 4.78 is 8.31. The third-order valence-electron chi connectivity index (χ3n) is 8.33. The molecule has 0 radical (unpaired) electrons. The zero-order valence-electron chi connectivity index (χ0n) is 20.6. The third kappa shape index (κ3) is 4.67. The predicted octanol–water partition coefficient (Wildman–Crippen LogP) is 1.99. The van der Waals surface area contributed by atoms with Gasteiger partial charge in [-0.1, -0.05) is 13.3 Å². The number of nitrogens with one attached hydrogen (secondary N) is 2. The average Bonchev–Trinajstić information content (AvgIpc) is 3.11. The van der Waals surface area contributed by atoms with Gasteiger partial charge in [-0.3, -0.25) is 23.9 Å². The molecule has 10 heteroatoms. The van der Waals surface area contributed by atoms with Crippen LogP contribution in [-0.4, -0.2) is 37.5 Å². The second-order valence-electron chi connectivity index (χ2n) is 11.1. The first kappa shape index (κ1) is 23.8. The van der Waals surface area contributed by atoms with Gasteiger partial charge < -0.3 is 14.6 Å². The first-order valence-electron chi connectivity index (χ1n) is 12.9. The summed E-state index contributed by atoms with van der Waals surface area (Å²) in [6.45, 7) is 2.10. The number of nitrogens with zero attached hydrogens (tertiary/aromatic N) is 3. The number of imidazole rings is 1. The minimum atomic E-state index is -0.562. The molecule has 0 saturated heterocycles. The number of carbonyl (C=O) groups excluding carboxylic acids is 2. The molecule has 1 amide bonds. The molecular formula is C25H35N5O5. The van der Waals surface area contributed by atoms with Gasteiger partial charge in [-0.25, -0.2) is 9.78 Å². The molecule has 6 rings (SSSR count). The molecule has 10 nitrogen and oxygen atoms in total. The Bertz CT molecular complexity index is 1220. The highest BCUT2D eigenvalue weighted by Crippen LogP contribution is 2.61. The van der Waals surface area contributed by atoms with Crippen molar-refractivity contribution in [3.05, 3.63) is 26.7 Å². The van der Waals surface area contributed by atoms with Crippen LogP contribution in [0.5, 0.6) is 0 Å². The van der Waals surface area contributed by atoms with Crippen molar-refractivity contribution in [3.63, 3.8) is 0 Å². The lowest BCUT2D eigenvalue weighted by Gasteiger charge is -2.56. The van der Waals surface area contributed by atoms with Crippen LogP contribution in [0.2, 0.25) is 0 Å². The van der Waals surface area contributed by atoms with E-state index in [-0.39, 0.29) is 35.6 Å². The summed E-state index contributed by atoms with van der Waals surface area (Å²) in [6, 6.07) is 0. The maximum absolute atomic E-state index is 12.7. The molecule has 0 atom stereocenters. The number of aryl methyl sites for hydroxylation is 2. The Kier molecular flexibility index (Phi) is 6.31. The molecule has 4 bridgehead atoms. The van der Waals surface area contributed by atoms with Crippen molar-refractivity contribution in [2.24, 2.45) is 30.2 Å². The summed E-state index contributed by atoms with van der Waals surface area (Å²) in [5.41, 5.74) is -0.363. The van der Waals surface area contributed by atoms with Gasteiger partial charge >= 0.3 is 11.7 Å². The highest BCUT2D eigenvalue weighted by Gasteiger charge is 2.51. The van der Waals surface area contributed by atoms with E-state index in [4.69, 9.17) is 4.74 Å². The monoisotopic (exact) mass is 485 g/mol. The molecule has 0 unspecified atom stereocenters. The number of carbonyl (C=O) groups is 2. The van der Waals surface area contributed by atoms with Gasteiger partial charge in [0.25, 0.3) is 5.56 Å². The smallest absolute Gasteiger partial charge is 0.330 e. The van der Waals surface area contributed by atoms with Crippen LogP contribution in [0.4, 0.5) is 0 Å². The van der Waals surface area contributed by atoms with Crippen molar-refractivity contribution in [2.75, 3.05) is 6.54 Å². The number of esters is 1. The van der Waals surface area contributed by atoms with E-state index in [1.54, 1.807) is 7.05 Å². The van der Waals surface area contributed by atoms with E-state index in [0.717, 1.165) is 49.9 Å². The second kappa shape index (κ2) is 9.28. The number of H-pyrrole nitrogens is 1. The second-order valence-corrected chi connectivity index (χ2v) is 11.1. The summed E-state index contributed by atoms with van der Waals surface area (Å²) in [6.07, 6.45) is 9.57. The summed E-state index contributed by atoms with van der Waals surface area (Å²) >= 11 is 0. The van der Waals surface area contributed by atoms with Crippen molar-refractivity contribution in [1.82, 2.24) is 24.4 Å². The summed E-state index contributed by atoms with van der Waals surface area (Å²) in [4.78, 5) is 56.4. The van der Waals surface area contributed by atoms with E-state index in [9.17, 15) is 19.2 Å². The molecule has 2 N–H and O–H groups in total. The van der Waals surface area contributed by atoms with Crippen LogP contribution in [0.3, 0.4) is 0 Å². The number of hydrogen-bond donors (Lipinski definition) is 2. The minimum absolute atomic E-state index is 0.0851. The van der Waals surface area contributed by atoms with E-state index < -0.39 is 17.2 Å². The maximum atomic E-state index is 12.7. The molecule has 0 aliphatic heterocycles. The number of aromatic amines is 1. The molecule has 2 aromatic heterocycles. The van der Waals surface area contributed by atoms with E-state index in [1.807, 2.05) is 6.92 Å². The number of unbranched alkanes of at least 4 members (excludes halogenated alkanes) is 1. The lowest BCUT2D eigenvalue weighted by Crippen LogP contribution is -2.48. The first-order valence-corrected chi connectivity index (χ1v) is 12.9. The quantitative estimate of drug-likeness (QED) is 0.523. The van der Waals surface area contributed by atoms with Crippen molar-refractivity contribution < 1.29 is 14.3 Å². The van der Waals surface area contributed by atoms with Crippen LogP contribution in [0.1, 0.15) is 70.5 Å². The standard InChI is InChI=1S/C25H35N5O5/c1-3-4-5-30-22-21(23(33)28-24(30)34)29(2)18(27-22)14-35-20(32)13-26-19(31)12-25-9-15-6-16(10-25)8-17(7-15)11-25/h15-17H,3-14H2,1-2H3,(H,26,31)(H,28,33,34). The number of aromatic nitrogens is 4. The Morgan fingerprint density at radius 3 is 2.43 bits per heavy atom. The van der Waals surface area contributed by atoms with Crippen LogP contribution in [0, 0.1) is 23.2 Å². The van der Waals surface area contributed by atoms with Gasteiger partial charge in [0, 0.05) is 20.0 Å². The van der Waals surface area contributed by atoms with Crippen molar-refractivity contribution in [3.8, 4) is 0 Å². The van der Waals surface area contributed by atoms with Crippen molar-refractivity contribution >= 4 is 23.0 Å². The fraction of sp³-hybridized carbons (Fsp3) is 0.720. The SMILES string of the molecule is CCCCn1c(=O)[nH]c(=O)c2c1nc(COC(=O)CNC(=O)CC13CC4CC(CC(C4)C1)C3)n2C. The van der Waals surface area contributed by atoms with Crippen molar-refractivity contribution in [2.45, 2.75) is 77.9 Å². The first-order chi connectivity index (χ1) is 16.8. The summed E-state index contributed by atoms with van der Waals surface area (Å²) in [5.74, 6) is 2.04. The van der Waals surface area contributed by atoms with Crippen LogP contribution in [0.25, 0.3) is 11.2 Å². The van der Waals surface area contributed by atoms with Gasteiger partial charge in [0.2, 0.25) is 5.91 Å². The maximum Gasteiger partial charge on any atom is 0.330 e.